The molecule has 0 unspecified atom stereocenters. The normalized spacial score (nSPS) is 10.8. The lowest BCUT2D eigenvalue weighted by Gasteiger charge is -2.00. The van der Waals surface area contributed by atoms with Gasteiger partial charge in [-0.15, -0.1) is 11.3 Å². The van der Waals surface area contributed by atoms with Crippen LogP contribution >= 0.6 is 22.9 Å². The van der Waals surface area contributed by atoms with Gasteiger partial charge in [0.1, 0.15) is 17.1 Å². The monoisotopic (exact) mass is 299 g/mol. The molecule has 0 saturated carbocycles. The van der Waals surface area contributed by atoms with E-state index in [1.54, 1.807) is 24.3 Å². The first-order valence-electron chi connectivity index (χ1n) is 5.84. The lowest BCUT2D eigenvalue weighted by Crippen LogP contribution is -2.15. The molecular weight excluding hydrogens is 286 g/mol. The van der Waals surface area contributed by atoms with Crippen LogP contribution in [0.3, 0.4) is 0 Å². The number of aromatic carboxylic acids is 1. The van der Waals surface area contributed by atoms with E-state index in [0.717, 1.165) is 17.3 Å². The maximum absolute atomic E-state index is 10.9. The molecule has 2 aromatic rings. The summed E-state index contributed by atoms with van der Waals surface area (Å²) in [6.07, 6.45) is 0.892. The Hall–Kier alpha value is -1.30. The smallest absolute Gasteiger partial charge is 0.339 e. The molecule has 2 heterocycles. The third-order valence-electron chi connectivity index (χ3n) is 2.68. The van der Waals surface area contributed by atoms with Crippen molar-refractivity contribution in [3.8, 4) is 0 Å². The molecule has 0 amide bonds. The van der Waals surface area contributed by atoms with Crippen LogP contribution in [-0.2, 0) is 13.0 Å². The number of furan rings is 1. The Morgan fingerprint density at radius 3 is 2.89 bits per heavy atom. The topological polar surface area (TPSA) is 62.5 Å². The summed E-state index contributed by atoms with van der Waals surface area (Å²) < 4.78 is 6.16. The van der Waals surface area contributed by atoms with Crippen LogP contribution < -0.4 is 5.32 Å². The van der Waals surface area contributed by atoms with E-state index in [2.05, 4.69) is 5.32 Å². The molecule has 2 rings (SSSR count). The van der Waals surface area contributed by atoms with Gasteiger partial charge < -0.3 is 14.8 Å². The average Bonchev–Trinajstić information content (AvgIpc) is 2.91. The summed E-state index contributed by atoms with van der Waals surface area (Å²) in [6, 6.07) is 5.46. The van der Waals surface area contributed by atoms with E-state index < -0.39 is 5.97 Å². The van der Waals surface area contributed by atoms with E-state index in [1.165, 1.54) is 4.88 Å². The fourth-order valence-corrected chi connectivity index (χ4v) is 2.84. The summed E-state index contributed by atoms with van der Waals surface area (Å²) in [7, 11) is 0. The third kappa shape index (κ3) is 3.83. The standard InChI is InChI=1S/C13H14ClNO3S/c1-8-11(13(16)17)6-9(18-8)7-15-5-4-10-2-3-12(14)19-10/h2-3,6,15H,4-5,7H2,1H3,(H,16,17). The van der Waals surface area contributed by atoms with Crippen LogP contribution in [0, 0.1) is 6.92 Å². The van der Waals surface area contributed by atoms with Crippen LogP contribution in [0.5, 0.6) is 0 Å². The van der Waals surface area contributed by atoms with Crippen LogP contribution in [0.15, 0.2) is 22.6 Å². The van der Waals surface area contributed by atoms with E-state index in [1.807, 2.05) is 12.1 Å². The minimum atomic E-state index is -0.958. The number of hydrogen-bond donors (Lipinski definition) is 2. The maximum Gasteiger partial charge on any atom is 0.339 e. The maximum atomic E-state index is 10.9. The van der Waals surface area contributed by atoms with E-state index in [4.69, 9.17) is 21.1 Å². The summed E-state index contributed by atoms with van der Waals surface area (Å²) in [5, 5.41) is 12.1. The number of aryl methyl sites for hydroxylation is 1. The molecule has 0 aromatic carbocycles. The minimum absolute atomic E-state index is 0.224. The molecule has 0 radical (unpaired) electrons. The lowest BCUT2D eigenvalue weighted by molar-refractivity contribution is 0.0695. The first-order chi connectivity index (χ1) is 9.06. The van der Waals surface area contributed by atoms with Gasteiger partial charge in [-0.3, -0.25) is 0 Å². The summed E-state index contributed by atoms with van der Waals surface area (Å²) in [5.41, 5.74) is 0.224. The quantitative estimate of drug-likeness (QED) is 0.803. The molecule has 4 nitrogen and oxygen atoms in total. The second-order valence-electron chi connectivity index (χ2n) is 4.12. The second-order valence-corrected chi connectivity index (χ2v) is 5.92. The van der Waals surface area contributed by atoms with E-state index >= 15 is 0 Å². The van der Waals surface area contributed by atoms with Crippen LogP contribution in [0.25, 0.3) is 0 Å². The zero-order valence-electron chi connectivity index (χ0n) is 10.4. The van der Waals surface area contributed by atoms with Gasteiger partial charge in [-0.2, -0.15) is 0 Å². The highest BCUT2D eigenvalue weighted by molar-refractivity contribution is 7.16. The number of rotatable bonds is 6. The average molecular weight is 300 g/mol. The predicted molar refractivity (Wildman–Crippen MR) is 75.1 cm³/mol. The van der Waals surface area contributed by atoms with Crippen molar-refractivity contribution in [2.24, 2.45) is 0 Å². The fourth-order valence-electron chi connectivity index (χ4n) is 1.75. The number of nitrogens with one attached hydrogen (secondary N) is 1. The predicted octanol–water partition coefficient (Wildman–Crippen LogP) is 3.33. The van der Waals surface area contributed by atoms with Gasteiger partial charge in [-0.05, 0) is 31.5 Å². The van der Waals surface area contributed by atoms with Crippen LogP contribution in [0.4, 0.5) is 0 Å². The van der Waals surface area contributed by atoms with Gasteiger partial charge in [0.25, 0.3) is 0 Å². The largest absolute Gasteiger partial charge is 0.478 e. The number of carboxylic acid groups (broad SMARTS) is 1. The number of carbonyl (C=O) groups is 1. The van der Waals surface area contributed by atoms with Crippen LogP contribution in [0.1, 0.15) is 26.8 Å². The molecule has 102 valence electrons. The summed E-state index contributed by atoms with van der Waals surface area (Å²) >= 11 is 7.42. The molecule has 0 saturated heterocycles. The van der Waals surface area contributed by atoms with Gasteiger partial charge in [0.2, 0.25) is 0 Å². The summed E-state index contributed by atoms with van der Waals surface area (Å²) in [5.74, 6) is 0.120. The van der Waals surface area contributed by atoms with Gasteiger partial charge in [0.15, 0.2) is 0 Å². The first kappa shape index (κ1) is 14.1. The molecule has 0 aliphatic rings. The zero-order chi connectivity index (χ0) is 13.8. The zero-order valence-corrected chi connectivity index (χ0v) is 12.0. The van der Waals surface area contributed by atoms with Crippen LogP contribution in [0.2, 0.25) is 4.34 Å². The third-order valence-corrected chi connectivity index (χ3v) is 3.97. The Labute approximate surface area is 120 Å². The first-order valence-corrected chi connectivity index (χ1v) is 7.03. The Morgan fingerprint density at radius 2 is 2.32 bits per heavy atom. The van der Waals surface area contributed by atoms with Crippen molar-refractivity contribution in [1.29, 1.82) is 0 Å². The number of hydrogen-bond acceptors (Lipinski definition) is 4. The van der Waals surface area contributed by atoms with E-state index in [0.29, 0.717) is 18.1 Å². The second kappa shape index (κ2) is 6.23. The van der Waals surface area contributed by atoms with Crippen molar-refractivity contribution in [1.82, 2.24) is 5.32 Å². The van der Waals surface area contributed by atoms with E-state index in [9.17, 15) is 4.79 Å². The van der Waals surface area contributed by atoms with Gasteiger partial charge in [0.05, 0.1) is 10.9 Å². The Kier molecular flexibility index (Phi) is 4.63. The fraction of sp³-hybridized carbons (Fsp3) is 0.308. The minimum Gasteiger partial charge on any atom is -0.478 e. The molecule has 6 heteroatoms. The Bertz CT molecular complexity index is 576. The van der Waals surface area contributed by atoms with Crippen molar-refractivity contribution in [2.45, 2.75) is 19.9 Å². The number of thiophene rings is 1. The van der Waals surface area contributed by atoms with Crippen molar-refractivity contribution in [2.75, 3.05) is 6.54 Å². The van der Waals surface area contributed by atoms with Crippen molar-refractivity contribution in [3.05, 3.63) is 44.5 Å². The molecule has 19 heavy (non-hydrogen) atoms. The Morgan fingerprint density at radius 1 is 1.53 bits per heavy atom. The molecule has 2 N–H and O–H groups in total. The molecular formula is C13H14ClNO3S. The molecule has 2 aromatic heterocycles. The Balaban J connectivity index is 1.79. The van der Waals surface area contributed by atoms with Crippen LogP contribution in [-0.4, -0.2) is 17.6 Å². The molecule has 0 fully saturated rings. The number of halogens is 1. The van der Waals surface area contributed by atoms with Crippen molar-refractivity contribution in [3.63, 3.8) is 0 Å². The van der Waals surface area contributed by atoms with Gasteiger partial charge in [0, 0.05) is 11.4 Å². The SMILES string of the molecule is Cc1oc(CNCCc2ccc(Cl)s2)cc1C(=O)O. The molecule has 0 spiro atoms. The highest BCUT2D eigenvalue weighted by Gasteiger charge is 2.13. The highest BCUT2D eigenvalue weighted by Crippen LogP contribution is 2.21. The number of carboxylic acids is 1. The van der Waals surface area contributed by atoms with Gasteiger partial charge in [-0.25, -0.2) is 4.79 Å². The van der Waals surface area contributed by atoms with Gasteiger partial charge in [-0.1, -0.05) is 11.6 Å². The van der Waals surface area contributed by atoms with Crippen molar-refractivity contribution >= 4 is 28.9 Å². The summed E-state index contributed by atoms with van der Waals surface area (Å²) in [4.78, 5) is 12.1. The molecule has 0 aliphatic heterocycles. The lowest BCUT2D eigenvalue weighted by atomic mass is 10.2. The molecule has 0 atom stereocenters. The molecule has 0 bridgehead atoms. The summed E-state index contributed by atoms with van der Waals surface area (Å²) in [6.45, 7) is 2.97. The highest BCUT2D eigenvalue weighted by atomic mass is 35.5. The van der Waals surface area contributed by atoms with Gasteiger partial charge >= 0.3 is 5.97 Å². The molecule has 0 aliphatic carbocycles. The van der Waals surface area contributed by atoms with Crippen molar-refractivity contribution < 1.29 is 14.3 Å². The van der Waals surface area contributed by atoms with E-state index in [-0.39, 0.29) is 5.56 Å².